The number of ether oxygens (including phenoxy) is 2. The number of alkyl carbamates (subject to hydrolysis) is 2. The highest BCUT2D eigenvalue weighted by molar-refractivity contribution is 5.89. The Morgan fingerprint density at radius 2 is 1.24 bits per heavy atom. The van der Waals surface area contributed by atoms with Crippen molar-refractivity contribution in [1.29, 1.82) is 0 Å². The lowest BCUT2D eigenvalue weighted by Gasteiger charge is -2.31. The minimum atomic E-state index is -0.703. The molecule has 2 aliphatic carbocycles. The van der Waals surface area contributed by atoms with Gasteiger partial charge in [0.25, 0.3) is 0 Å². The smallest absolute Gasteiger partial charge is 0.407 e. The highest BCUT2D eigenvalue weighted by atomic mass is 16.5. The van der Waals surface area contributed by atoms with Crippen LogP contribution in [0.2, 0.25) is 0 Å². The number of hydrogen-bond donors (Lipinski definition) is 4. The van der Waals surface area contributed by atoms with Gasteiger partial charge in [-0.3, -0.25) is 14.6 Å². The van der Waals surface area contributed by atoms with E-state index in [2.05, 4.69) is 26.7 Å². The topological polar surface area (TPSA) is 200 Å². The first-order chi connectivity index (χ1) is 27.9. The zero-order valence-corrected chi connectivity index (χ0v) is 33.4. The molecule has 16 heteroatoms. The van der Waals surface area contributed by atoms with Crippen molar-refractivity contribution in [3.63, 3.8) is 0 Å². The number of piperidine rings is 2. The molecule has 2 saturated carbocycles. The Bertz CT molecular complexity index is 2440. The molecular formula is C42H48N10O6. The average Bonchev–Trinajstić information content (AvgIpc) is 3.84. The van der Waals surface area contributed by atoms with Crippen LogP contribution in [-0.2, 0) is 19.1 Å². The number of nitrogens with one attached hydrogen (secondary N) is 4. The summed E-state index contributed by atoms with van der Waals surface area (Å²) in [5.74, 6) is 1.80. The Morgan fingerprint density at radius 3 is 1.83 bits per heavy atom. The van der Waals surface area contributed by atoms with Crippen LogP contribution < -0.4 is 10.6 Å². The molecule has 58 heavy (non-hydrogen) atoms. The molecule has 3 aromatic heterocycles. The van der Waals surface area contributed by atoms with E-state index in [9.17, 15) is 19.2 Å². The van der Waals surface area contributed by atoms with Gasteiger partial charge in [0.2, 0.25) is 11.8 Å². The Labute approximate surface area is 334 Å². The number of carbonyl (C=O) groups is 4. The molecule has 5 heterocycles. The van der Waals surface area contributed by atoms with Crippen molar-refractivity contribution in [1.82, 2.24) is 50.3 Å². The minimum absolute atomic E-state index is 0.111. The van der Waals surface area contributed by atoms with Crippen LogP contribution >= 0.6 is 0 Å². The largest absolute Gasteiger partial charge is 0.453 e. The summed E-state index contributed by atoms with van der Waals surface area (Å²) in [4.78, 5) is 81.9. The van der Waals surface area contributed by atoms with Crippen LogP contribution in [0.3, 0.4) is 0 Å². The molecule has 4 amide bonds. The van der Waals surface area contributed by atoms with Gasteiger partial charge in [-0.25, -0.2) is 24.5 Å². The van der Waals surface area contributed by atoms with Crippen LogP contribution in [0.15, 0.2) is 48.8 Å². The van der Waals surface area contributed by atoms with E-state index in [1.807, 2.05) is 67.8 Å². The molecule has 0 bridgehead atoms. The lowest BCUT2D eigenvalue weighted by molar-refractivity contribution is -0.137. The molecule has 2 aromatic carbocycles. The van der Waals surface area contributed by atoms with E-state index >= 15 is 0 Å². The Kier molecular flexibility index (Phi) is 9.31. The summed E-state index contributed by atoms with van der Waals surface area (Å²) in [5.41, 5.74) is 6.42. The van der Waals surface area contributed by atoms with E-state index in [-0.39, 0.29) is 47.8 Å². The fourth-order valence-electron chi connectivity index (χ4n) is 9.08. The number of aromatic amines is 2. The normalized spacial score (nSPS) is 24.1. The SMILES string of the molecule is COC(=O)N[C@H](C(=O)N1[C@@H]2C[C@@H]2C[C@H]1c1ncc(-c2cnc3cc(-c4ccc5nc([C@@H]6C[C@H]7C[C@H]7N6C(=O)[C@@H](NC(=O)OC)C(C)C)[nH]c5c4)ccc3n2)[nH]1)C(C)C. The standard InChI is InChI=1S/C42H48N10O6/c1-19(2)35(49-41(55)57-5)39(53)51-31-13-23(31)15-33(51)37-44-18-30(48-37)29-17-43-27-11-21(7-9-25(27)45-29)22-8-10-26-28(12-22)47-38(46-26)34-16-24-14-32(24)52(34)40(54)36(20(3)4)50-42(56)58-6/h7-12,17-20,23-24,31-36H,13-16H2,1-6H3,(H,44,48)(H,46,47)(H,49,55)(H,50,56)/t23-,24-,31-,32-,33+,34+,35+,36+/m1/s1. The lowest BCUT2D eigenvalue weighted by Crippen LogP contribution is -2.52. The molecule has 8 atom stereocenters. The van der Waals surface area contributed by atoms with E-state index in [0.717, 1.165) is 64.7 Å². The van der Waals surface area contributed by atoms with Gasteiger partial charge in [0.15, 0.2) is 0 Å². The summed E-state index contributed by atoms with van der Waals surface area (Å²) >= 11 is 0. The van der Waals surface area contributed by atoms with Gasteiger partial charge in [0, 0.05) is 12.1 Å². The Morgan fingerprint density at radius 1 is 0.672 bits per heavy atom. The number of hydrogen-bond acceptors (Lipinski definition) is 10. The van der Waals surface area contributed by atoms with Crippen LogP contribution in [-0.4, -0.2) is 102 Å². The van der Waals surface area contributed by atoms with Crippen LogP contribution in [0.4, 0.5) is 9.59 Å². The number of nitrogens with zero attached hydrogens (tertiary/aromatic N) is 6. The number of amides is 4. The van der Waals surface area contributed by atoms with Gasteiger partial charge in [0.1, 0.15) is 29.4 Å². The molecule has 5 aromatic rings. The molecule has 2 aliphatic heterocycles. The third kappa shape index (κ3) is 6.67. The monoisotopic (exact) mass is 788 g/mol. The maximum Gasteiger partial charge on any atom is 0.407 e. The van der Waals surface area contributed by atoms with Gasteiger partial charge in [-0.1, -0.05) is 39.8 Å². The third-order valence-corrected chi connectivity index (χ3v) is 12.4. The zero-order valence-electron chi connectivity index (χ0n) is 33.4. The van der Waals surface area contributed by atoms with E-state index in [1.54, 1.807) is 12.4 Å². The maximum atomic E-state index is 13.9. The molecule has 4 fully saturated rings. The molecule has 4 aliphatic rings. The van der Waals surface area contributed by atoms with Crippen molar-refractivity contribution >= 4 is 46.1 Å². The molecule has 0 spiro atoms. The molecule has 0 radical (unpaired) electrons. The molecule has 2 saturated heterocycles. The first-order valence-electron chi connectivity index (χ1n) is 20.1. The molecule has 302 valence electrons. The second kappa shape index (κ2) is 14.4. The minimum Gasteiger partial charge on any atom is -0.453 e. The summed E-state index contributed by atoms with van der Waals surface area (Å²) in [7, 11) is 2.59. The van der Waals surface area contributed by atoms with E-state index in [0.29, 0.717) is 29.0 Å². The van der Waals surface area contributed by atoms with Gasteiger partial charge in [-0.2, -0.15) is 0 Å². The number of methoxy groups -OCH3 is 2. The van der Waals surface area contributed by atoms with Crippen molar-refractivity contribution in [2.24, 2.45) is 23.7 Å². The molecule has 16 nitrogen and oxygen atoms in total. The number of fused-ring (bicyclic) bond motifs is 4. The quantitative estimate of drug-likeness (QED) is 0.137. The van der Waals surface area contributed by atoms with Gasteiger partial charge in [-0.05, 0) is 84.7 Å². The molecule has 9 rings (SSSR count). The number of aromatic nitrogens is 6. The summed E-state index contributed by atoms with van der Waals surface area (Å²) in [6, 6.07) is 10.5. The summed E-state index contributed by atoms with van der Waals surface area (Å²) < 4.78 is 9.60. The Balaban J connectivity index is 0.923. The number of benzene rings is 2. The fraction of sp³-hybridized carbons (Fsp3) is 0.476. The first-order valence-corrected chi connectivity index (χ1v) is 20.1. The van der Waals surface area contributed by atoms with E-state index < -0.39 is 24.3 Å². The van der Waals surface area contributed by atoms with Crippen LogP contribution in [0.25, 0.3) is 44.6 Å². The van der Waals surface area contributed by atoms with Crippen molar-refractivity contribution < 1.29 is 28.7 Å². The summed E-state index contributed by atoms with van der Waals surface area (Å²) in [5, 5.41) is 5.46. The highest BCUT2D eigenvalue weighted by Gasteiger charge is 2.57. The average molecular weight is 789 g/mol. The fourth-order valence-corrected chi connectivity index (χ4v) is 9.08. The molecule has 4 N–H and O–H groups in total. The highest BCUT2D eigenvalue weighted by Crippen LogP contribution is 2.54. The first kappa shape index (κ1) is 37.5. The van der Waals surface area contributed by atoms with E-state index in [4.69, 9.17) is 29.4 Å². The van der Waals surface area contributed by atoms with Crippen molar-refractivity contribution in [3.05, 3.63) is 60.4 Å². The number of rotatable bonds is 10. The number of H-pyrrole nitrogens is 2. The predicted octanol–water partition coefficient (Wildman–Crippen LogP) is 5.65. The van der Waals surface area contributed by atoms with Crippen molar-refractivity contribution in [2.75, 3.05) is 14.2 Å². The van der Waals surface area contributed by atoms with E-state index in [1.165, 1.54) is 14.2 Å². The third-order valence-electron chi connectivity index (χ3n) is 12.4. The number of carbonyl (C=O) groups excluding carboxylic acids is 4. The van der Waals surface area contributed by atoms with Crippen molar-refractivity contribution in [2.45, 2.75) is 89.6 Å². The number of likely N-dealkylation sites (tertiary alicyclic amines) is 2. The van der Waals surface area contributed by atoms with Crippen LogP contribution in [0.5, 0.6) is 0 Å². The summed E-state index contributed by atoms with van der Waals surface area (Å²) in [6.45, 7) is 7.64. The second-order valence-corrected chi connectivity index (χ2v) is 16.8. The van der Waals surface area contributed by atoms with Gasteiger partial charge in [-0.15, -0.1) is 0 Å². The van der Waals surface area contributed by atoms with Crippen LogP contribution in [0.1, 0.15) is 77.1 Å². The van der Waals surface area contributed by atoms with Gasteiger partial charge < -0.3 is 39.9 Å². The van der Waals surface area contributed by atoms with Gasteiger partial charge in [0.05, 0.1) is 66.5 Å². The second-order valence-electron chi connectivity index (χ2n) is 16.8. The summed E-state index contributed by atoms with van der Waals surface area (Å²) in [6.07, 6.45) is 5.76. The maximum absolute atomic E-state index is 13.9. The van der Waals surface area contributed by atoms with Gasteiger partial charge >= 0.3 is 12.2 Å². The molecular weight excluding hydrogens is 741 g/mol. The van der Waals surface area contributed by atoms with Crippen molar-refractivity contribution in [3.8, 4) is 22.5 Å². The number of imidazole rings is 2. The van der Waals surface area contributed by atoms with Crippen LogP contribution in [0, 0.1) is 23.7 Å². The Hall–Kier alpha value is -6.06. The zero-order chi connectivity index (χ0) is 40.6. The lowest BCUT2D eigenvalue weighted by atomic mass is 10.0. The molecule has 0 unspecified atom stereocenters. The predicted molar refractivity (Wildman–Crippen MR) is 213 cm³/mol.